The number of benzene rings is 2. The largest absolute Gasteiger partial charge is 0.494 e. The second-order valence-corrected chi connectivity index (χ2v) is 6.60. The summed E-state index contributed by atoms with van der Waals surface area (Å²) >= 11 is 0. The molecule has 0 spiro atoms. The Morgan fingerprint density at radius 1 is 0.967 bits per heavy atom. The average molecular weight is 406 g/mol. The van der Waals surface area contributed by atoms with Crippen LogP contribution in [0.1, 0.15) is 24.5 Å². The molecular formula is C24H26N2O4. The highest BCUT2D eigenvalue weighted by Gasteiger charge is 2.10. The molecule has 1 N–H and O–H groups in total. The molecule has 0 saturated heterocycles. The van der Waals surface area contributed by atoms with Gasteiger partial charge in [0.1, 0.15) is 12.4 Å². The Morgan fingerprint density at radius 2 is 1.77 bits per heavy atom. The average Bonchev–Trinajstić information content (AvgIpc) is 2.78. The van der Waals surface area contributed by atoms with Gasteiger partial charge in [0.2, 0.25) is 5.91 Å². The van der Waals surface area contributed by atoms with Crippen LogP contribution < -0.4 is 19.5 Å². The third-order valence-electron chi connectivity index (χ3n) is 4.48. The molecule has 3 aromatic rings. The minimum atomic E-state index is -0.0773. The van der Waals surface area contributed by atoms with Gasteiger partial charge in [-0.1, -0.05) is 18.2 Å². The van der Waals surface area contributed by atoms with E-state index in [1.165, 1.54) is 0 Å². The molecule has 0 atom stereocenters. The quantitative estimate of drug-likeness (QED) is 0.531. The Morgan fingerprint density at radius 3 is 2.53 bits per heavy atom. The van der Waals surface area contributed by atoms with Gasteiger partial charge in [0.15, 0.2) is 11.5 Å². The van der Waals surface area contributed by atoms with Crippen molar-refractivity contribution in [1.29, 1.82) is 0 Å². The number of nitrogens with zero attached hydrogens (tertiary/aromatic N) is 1. The lowest BCUT2D eigenvalue weighted by Crippen LogP contribution is -2.13. The number of ether oxygens (including phenoxy) is 3. The van der Waals surface area contributed by atoms with Gasteiger partial charge in [-0.05, 0) is 54.8 Å². The van der Waals surface area contributed by atoms with Gasteiger partial charge in [0, 0.05) is 30.6 Å². The Hall–Kier alpha value is -3.54. The van der Waals surface area contributed by atoms with Gasteiger partial charge < -0.3 is 19.5 Å². The van der Waals surface area contributed by atoms with Crippen molar-refractivity contribution in [1.82, 2.24) is 4.98 Å². The number of aromatic nitrogens is 1. The van der Waals surface area contributed by atoms with E-state index in [4.69, 9.17) is 14.2 Å². The summed E-state index contributed by atoms with van der Waals surface area (Å²) in [6, 6.07) is 16.9. The molecule has 1 amide bonds. The molecule has 3 rings (SSSR count). The highest BCUT2D eigenvalue weighted by molar-refractivity contribution is 5.91. The first-order chi connectivity index (χ1) is 14.7. The molecule has 6 nitrogen and oxygen atoms in total. The van der Waals surface area contributed by atoms with Gasteiger partial charge in [-0.3, -0.25) is 9.78 Å². The Balaban J connectivity index is 1.61. The van der Waals surface area contributed by atoms with E-state index in [0.717, 1.165) is 16.9 Å². The molecule has 0 fully saturated rings. The molecule has 156 valence electrons. The first-order valence-electron chi connectivity index (χ1n) is 9.90. The molecule has 0 bridgehead atoms. The fourth-order valence-corrected chi connectivity index (χ4v) is 2.99. The third kappa shape index (κ3) is 5.98. The van der Waals surface area contributed by atoms with Crippen molar-refractivity contribution in [3.05, 3.63) is 78.1 Å². The Kier molecular flexibility index (Phi) is 7.66. The predicted molar refractivity (Wildman–Crippen MR) is 116 cm³/mol. The van der Waals surface area contributed by atoms with E-state index in [0.29, 0.717) is 43.2 Å². The first-order valence-corrected chi connectivity index (χ1v) is 9.90. The van der Waals surface area contributed by atoms with Gasteiger partial charge in [-0.25, -0.2) is 0 Å². The summed E-state index contributed by atoms with van der Waals surface area (Å²) in [6.07, 6.45) is 4.39. The van der Waals surface area contributed by atoms with Crippen LogP contribution in [0.5, 0.6) is 17.2 Å². The maximum Gasteiger partial charge on any atom is 0.224 e. The molecule has 0 radical (unpaired) electrons. The molecule has 6 heteroatoms. The summed E-state index contributed by atoms with van der Waals surface area (Å²) in [7, 11) is 1.59. The number of carbonyl (C=O) groups excluding carboxylic acids is 1. The molecule has 0 aliphatic heterocycles. The number of pyridine rings is 1. The van der Waals surface area contributed by atoms with Crippen LogP contribution in [0, 0.1) is 0 Å². The molecule has 1 aromatic heterocycles. The molecular weight excluding hydrogens is 380 g/mol. The van der Waals surface area contributed by atoms with Crippen LogP contribution in [0.15, 0.2) is 67.0 Å². The summed E-state index contributed by atoms with van der Waals surface area (Å²) in [6.45, 7) is 2.92. The smallest absolute Gasteiger partial charge is 0.224 e. The van der Waals surface area contributed by atoms with Crippen molar-refractivity contribution in [2.24, 2.45) is 0 Å². The van der Waals surface area contributed by atoms with E-state index < -0.39 is 0 Å². The number of amides is 1. The molecule has 1 heterocycles. The van der Waals surface area contributed by atoms with Crippen molar-refractivity contribution in [3.8, 4) is 17.2 Å². The highest BCUT2D eigenvalue weighted by Crippen LogP contribution is 2.31. The topological polar surface area (TPSA) is 69.7 Å². The highest BCUT2D eigenvalue weighted by atomic mass is 16.5. The normalized spacial score (nSPS) is 10.3. The number of rotatable bonds is 10. The van der Waals surface area contributed by atoms with Crippen molar-refractivity contribution < 1.29 is 19.0 Å². The van der Waals surface area contributed by atoms with Crippen molar-refractivity contribution in [2.75, 3.05) is 19.0 Å². The van der Waals surface area contributed by atoms with E-state index in [9.17, 15) is 4.79 Å². The molecule has 2 aromatic carbocycles. The van der Waals surface area contributed by atoms with Crippen LogP contribution >= 0.6 is 0 Å². The van der Waals surface area contributed by atoms with E-state index in [1.54, 1.807) is 37.7 Å². The second-order valence-electron chi connectivity index (χ2n) is 6.60. The maximum atomic E-state index is 12.5. The lowest BCUT2D eigenvalue weighted by atomic mass is 10.1. The lowest BCUT2D eigenvalue weighted by molar-refractivity contribution is -0.116. The zero-order valence-electron chi connectivity index (χ0n) is 17.3. The van der Waals surface area contributed by atoms with Crippen molar-refractivity contribution >= 4 is 11.6 Å². The van der Waals surface area contributed by atoms with Gasteiger partial charge >= 0.3 is 0 Å². The summed E-state index contributed by atoms with van der Waals surface area (Å²) < 4.78 is 16.9. The molecule has 0 unspecified atom stereocenters. The van der Waals surface area contributed by atoms with Crippen LogP contribution in [-0.4, -0.2) is 24.6 Å². The summed E-state index contributed by atoms with van der Waals surface area (Å²) in [4.78, 5) is 16.5. The van der Waals surface area contributed by atoms with Crippen LogP contribution in [0.25, 0.3) is 0 Å². The maximum absolute atomic E-state index is 12.5. The lowest BCUT2D eigenvalue weighted by Gasteiger charge is -2.13. The number of para-hydroxylation sites is 1. The fourth-order valence-electron chi connectivity index (χ4n) is 2.99. The number of anilines is 1. The van der Waals surface area contributed by atoms with Gasteiger partial charge in [-0.15, -0.1) is 0 Å². The van der Waals surface area contributed by atoms with Crippen LogP contribution in [-0.2, 0) is 17.8 Å². The first kappa shape index (κ1) is 21.2. The van der Waals surface area contributed by atoms with Gasteiger partial charge in [-0.2, -0.15) is 0 Å². The molecule has 30 heavy (non-hydrogen) atoms. The summed E-state index contributed by atoms with van der Waals surface area (Å²) in [5, 5.41) is 2.93. The standard InChI is InChI=1S/C24H26N2O4/c1-3-29-21-7-5-4-6-19(21)8-11-24(27)26-20-9-10-22(28-2)23(16-20)30-17-18-12-14-25-15-13-18/h4-7,9-10,12-16H,3,8,11,17H2,1-2H3,(H,26,27). The zero-order chi connectivity index (χ0) is 21.2. The van der Waals surface area contributed by atoms with E-state index in [1.807, 2.05) is 43.3 Å². The van der Waals surface area contributed by atoms with E-state index in [-0.39, 0.29) is 5.91 Å². The van der Waals surface area contributed by atoms with Gasteiger partial charge in [0.05, 0.1) is 13.7 Å². The SMILES string of the molecule is CCOc1ccccc1CCC(=O)Nc1ccc(OC)c(OCc2ccncc2)c1. The van der Waals surface area contributed by atoms with Crippen LogP contribution in [0.4, 0.5) is 5.69 Å². The van der Waals surface area contributed by atoms with E-state index in [2.05, 4.69) is 10.3 Å². The van der Waals surface area contributed by atoms with Crippen molar-refractivity contribution in [2.45, 2.75) is 26.4 Å². The monoisotopic (exact) mass is 406 g/mol. The summed E-state index contributed by atoms with van der Waals surface area (Å²) in [5.41, 5.74) is 2.67. The molecule has 0 aliphatic rings. The van der Waals surface area contributed by atoms with Crippen LogP contribution in [0.3, 0.4) is 0 Å². The molecule has 0 aliphatic carbocycles. The fraction of sp³-hybridized carbons (Fsp3) is 0.250. The Labute approximate surface area is 176 Å². The van der Waals surface area contributed by atoms with Crippen molar-refractivity contribution in [3.63, 3.8) is 0 Å². The number of nitrogens with one attached hydrogen (secondary N) is 1. The third-order valence-corrected chi connectivity index (χ3v) is 4.48. The molecule has 0 saturated carbocycles. The second kappa shape index (κ2) is 10.9. The number of aryl methyl sites for hydroxylation is 1. The number of methoxy groups -OCH3 is 1. The zero-order valence-corrected chi connectivity index (χ0v) is 17.3. The van der Waals surface area contributed by atoms with Gasteiger partial charge in [0.25, 0.3) is 0 Å². The Bertz CT molecular complexity index is 960. The van der Waals surface area contributed by atoms with E-state index >= 15 is 0 Å². The minimum absolute atomic E-state index is 0.0773. The minimum Gasteiger partial charge on any atom is -0.494 e. The predicted octanol–water partition coefficient (Wildman–Crippen LogP) is 4.64. The van der Waals surface area contributed by atoms with Crippen LogP contribution in [0.2, 0.25) is 0 Å². The number of hydrogen-bond donors (Lipinski definition) is 1. The number of carbonyl (C=O) groups is 1. The summed E-state index contributed by atoms with van der Waals surface area (Å²) in [5.74, 6) is 1.91. The number of hydrogen-bond acceptors (Lipinski definition) is 5.